The van der Waals surface area contributed by atoms with Crippen LogP contribution in [0.5, 0.6) is 5.75 Å². The summed E-state index contributed by atoms with van der Waals surface area (Å²) in [5.41, 5.74) is 1.46. The Hall–Kier alpha value is -3.60. The molecule has 0 aliphatic carbocycles. The number of benzene rings is 2. The summed E-state index contributed by atoms with van der Waals surface area (Å²) in [4.78, 5) is 53.7. The summed E-state index contributed by atoms with van der Waals surface area (Å²) in [7, 11) is 1.50. The molecule has 2 N–H and O–H groups in total. The highest BCUT2D eigenvalue weighted by atomic mass is 35.5. The predicted octanol–water partition coefficient (Wildman–Crippen LogP) is 5.86. The second kappa shape index (κ2) is 16.9. The molecular formula is C37H46Cl2N2O8. The Balaban J connectivity index is 1.60. The lowest BCUT2D eigenvalue weighted by atomic mass is 9.92. The number of carbonyl (C=O) groups is 4. The number of carbonyl (C=O) groups excluding carboxylic acids is 4. The minimum absolute atomic E-state index is 0.0116. The number of hydrogen-bond acceptors (Lipinski definition) is 8. The summed E-state index contributed by atoms with van der Waals surface area (Å²) in [6.45, 7) is 8.89. The molecule has 12 heteroatoms. The summed E-state index contributed by atoms with van der Waals surface area (Å²) in [6, 6.07) is 12.0. The van der Waals surface area contributed by atoms with Crippen LogP contribution < -0.4 is 15.4 Å². The first-order chi connectivity index (χ1) is 23.2. The fraction of sp³-hybridized carbons (Fsp3) is 0.514. The van der Waals surface area contributed by atoms with Crippen molar-refractivity contribution >= 4 is 47.0 Å². The van der Waals surface area contributed by atoms with Crippen molar-refractivity contribution in [3.8, 4) is 5.75 Å². The van der Waals surface area contributed by atoms with Gasteiger partial charge >= 0.3 is 11.9 Å². The van der Waals surface area contributed by atoms with Gasteiger partial charge in [0.05, 0.1) is 23.7 Å². The Bertz CT molecular complexity index is 1530. The van der Waals surface area contributed by atoms with Crippen LogP contribution in [-0.4, -0.2) is 61.8 Å². The van der Waals surface area contributed by atoms with E-state index in [4.69, 9.17) is 42.1 Å². The first kappa shape index (κ1) is 38.2. The largest absolute Gasteiger partial charge is 0.495 e. The molecule has 2 aromatic rings. The number of epoxide rings is 1. The molecule has 266 valence electrons. The van der Waals surface area contributed by atoms with Crippen LogP contribution in [0, 0.1) is 17.3 Å². The van der Waals surface area contributed by atoms with E-state index in [9.17, 15) is 19.2 Å². The third-order valence-corrected chi connectivity index (χ3v) is 9.35. The number of amides is 2. The number of methoxy groups -OCH3 is 1. The zero-order valence-corrected chi connectivity index (χ0v) is 30.3. The van der Waals surface area contributed by atoms with E-state index < -0.39 is 47.4 Å². The monoisotopic (exact) mass is 716 g/mol. The van der Waals surface area contributed by atoms with E-state index in [-0.39, 0.29) is 49.9 Å². The molecule has 2 aliphatic heterocycles. The van der Waals surface area contributed by atoms with Crippen LogP contribution >= 0.6 is 23.2 Å². The quantitative estimate of drug-likeness (QED) is 0.187. The van der Waals surface area contributed by atoms with Crippen LogP contribution in [0.25, 0.3) is 0 Å². The third-order valence-electron chi connectivity index (χ3n) is 8.74. The lowest BCUT2D eigenvalue weighted by molar-refractivity contribution is -0.179. The maximum Gasteiger partial charge on any atom is 0.347 e. The molecule has 1 fully saturated rings. The first-order valence-electron chi connectivity index (χ1n) is 16.5. The highest BCUT2D eigenvalue weighted by Crippen LogP contribution is 2.45. The van der Waals surface area contributed by atoms with E-state index in [2.05, 4.69) is 10.6 Å². The maximum absolute atomic E-state index is 13.6. The van der Waals surface area contributed by atoms with Gasteiger partial charge in [0.25, 0.3) is 0 Å². The second-order valence-electron chi connectivity index (χ2n) is 13.7. The number of rotatable bonds is 9. The van der Waals surface area contributed by atoms with Crippen molar-refractivity contribution in [1.82, 2.24) is 10.6 Å². The van der Waals surface area contributed by atoms with E-state index in [1.807, 2.05) is 45.0 Å². The van der Waals surface area contributed by atoms with Gasteiger partial charge in [-0.2, -0.15) is 0 Å². The minimum atomic E-state index is -1.21. The average Bonchev–Trinajstić information content (AvgIpc) is 3.86. The van der Waals surface area contributed by atoms with Gasteiger partial charge in [-0.25, -0.2) is 4.79 Å². The van der Waals surface area contributed by atoms with Crippen LogP contribution in [-0.2, 0) is 45.7 Å². The highest BCUT2D eigenvalue weighted by Gasteiger charge is 2.48. The van der Waals surface area contributed by atoms with Gasteiger partial charge in [0, 0.05) is 31.2 Å². The number of cyclic esters (lactones) is 2. The number of ether oxygens (including phenoxy) is 4. The fourth-order valence-electron chi connectivity index (χ4n) is 5.62. The van der Waals surface area contributed by atoms with Gasteiger partial charge in [-0.1, -0.05) is 68.8 Å². The van der Waals surface area contributed by atoms with Crippen molar-refractivity contribution in [1.29, 1.82) is 0 Å². The Morgan fingerprint density at radius 1 is 1.00 bits per heavy atom. The average molecular weight is 718 g/mol. The molecule has 2 amide bonds. The zero-order chi connectivity index (χ0) is 35.9. The smallest absolute Gasteiger partial charge is 0.347 e. The summed E-state index contributed by atoms with van der Waals surface area (Å²) in [6.07, 6.45) is 1.17. The van der Waals surface area contributed by atoms with Gasteiger partial charge in [-0.15, -0.1) is 11.6 Å². The van der Waals surface area contributed by atoms with Gasteiger partial charge in [0.2, 0.25) is 11.8 Å². The molecule has 6 atom stereocenters. The van der Waals surface area contributed by atoms with Crippen molar-refractivity contribution in [2.75, 3.05) is 13.7 Å². The lowest BCUT2D eigenvalue weighted by Gasteiger charge is -2.29. The zero-order valence-electron chi connectivity index (χ0n) is 28.8. The number of halogens is 2. The standard InChI is InChI=1S/C37H46Cl2N2O8/c1-21(2)16-30-35(44)47-28(22(3)32-33(49-32)25-13-10-23(19-38)11-14-25)8-7-9-31(42)41-27(18-24-12-15-29(46-6)26(39)17-24)34(43)40-20-37(4,5)36(45)48-30/h7,9-15,17,21-22,27-28,30,32-33H,8,16,18-20H2,1-6H3,(H,40,43)(H,41,42)/b9-7+/t22-,27+,28-,30-,32?,33+/m0/s1. The van der Waals surface area contributed by atoms with Crippen molar-refractivity contribution in [2.45, 2.75) is 90.2 Å². The summed E-state index contributed by atoms with van der Waals surface area (Å²) < 4.78 is 23.1. The third kappa shape index (κ3) is 10.4. The van der Waals surface area contributed by atoms with E-state index in [0.717, 1.165) is 11.1 Å². The van der Waals surface area contributed by atoms with Crippen LogP contribution in [0.2, 0.25) is 5.02 Å². The van der Waals surface area contributed by atoms with Crippen molar-refractivity contribution in [3.05, 3.63) is 76.3 Å². The number of hydrogen-bond donors (Lipinski definition) is 2. The molecule has 0 spiro atoms. The Labute approximate surface area is 298 Å². The molecule has 1 saturated heterocycles. The topological polar surface area (TPSA) is 133 Å². The summed E-state index contributed by atoms with van der Waals surface area (Å²) in [5, 5.41) is 5.90. The number of alkyl halides is 1. The predicted molar refractivity (Wildman–Crippen MR) is 186 cm³/mol. The van der Waals surface area contributed by atoms with Gasteiger partial charge in [0.1, 0.15) is 24.0 Å². The number of esters is 2. The van der Waals surface area contributed by atoms with Gasteiger partial charge in [0.15, 0.2) is 6.10 Å². The van der Waals surface area contributed by atoms with E-state index in [0.29, 0.717) is 22.2 Å². The summed E-state index contributed by atoms with van der Waals surface area (Å²) >= 11 is 12.3. The molecule has 0 radical (unpaired) electrons. The second-order valence-corrected chi connectivity index (χ2v) is 14.4. The fourth-order valence-corrected chi connectivity index (χ4v) is 6.08. The van der Waals surface area contributed by atoms with Crippen LogP contribution in [0.15, 0.2) is 54.6 Å². The van der Waals surface area contributed by atoms with Gasteiger partial charge in [-0.05, 0) is 61.1 Å². The molecule has 0 aromatic heterocycles. The van der Waals surface area contributed by atoms with E-state index in [1.54, 1.807) is 38.1 Å². The Morgan fingerprint density at radius 2 is 1.69 bits per heavy atom. The molecule has 2 aliphatic rings. The molecule has 4 rings (SSSR count). The minimum Gasteiger partial charge on any atom is -0.495 e. The van der Waals surface area contributed by atoms with Gasteiger partial charge < -0.3 is 29.6 Å². The highest BCUT2D eigenvalue weighted by molar-refractivity contribution is 6.32. The van der Waals surface area contributed by atoms with Gasteiger partial charge in [-0.3, -0.25) is 14.4 Å². The maximum atomic E-state index is 13.6. The van der Waals surface area contributed by atoms with E-state index in [1.165, 1.54) is 13.2 Å². The number of nitrogens with one attached hydrogen (secondary N) is 2. The molecule has 10 nitrogen and oxygen atoms in total. The van der Waals surface area contributed by atoms with Crippen LogP contribution in [0.1, 0.15) is 70.3 Å². The lowest BCUT2D eigenvalue weighted by Crippen LogP contribution is -2.51. The molecule has 2 heterocycles. The van der Waals surface area contributed by atoms with Crippen molar-refractivity contribution in [3.63, 3.8) is 0 Å². The summed E-state index contributed by atoms with van der Waals surface area (Å²) in [5.74, 6) is -1.73. The molecular weight excluding hydrogens is 671 g/mol. The molecule has 0 bridgehead atoms. The molecule has 2 aromatic carbocycles. The van der Waals surface area contributed by atoms with Crippen LogP contribution in [0.4, 0.5) is 0 Å². The van der Waals surface area contributed by atoms with Crippen molar-refractivity contribution in [2.24, 2.45) is 17.3 Å². The molecule has 1 unspecified atom stereocenters. The van der Waals surface area contributed by atoms with E-state index >= 15 is 0 Å². The molecule has 49 heavy (non-hydrogen) atoms. The van der Waals surface area contributed by atoms with Crippen LogP contribution in [0.3, 0.4) is 0 Å². The normalized spacial score (nSPS) is 26.2. The first-order valence-corrected chi connectivity index (χ1v) is 17.4. The Kier molecular flexibility index (Phi) is 13.2. The van der Waals surface area contributed by atoms with Crippen molar-refractivity contribution < 1.29 is 38.1 Å². The Morgan fingerprint density at radius 3 is 2.33 bits per heavy atom. The SMILES string of the molecule is COc1ccc(C[C@H]2NC(=O)/C=C/C[C@@H]([C@H](C)C3O[C@@H]3c3ccc(CCl)cc3)OC(=O)[C@H](CC(C)C)OC(=O)C(C)(C)CNC2=O)cc1Cl. The molecule has 0 saturated carbocycles.